The SMILES string of the molecule is CC(C(=O)Nc1ccnn1C1CNC1)C1CNC1. The van der Waals surface area contributed by atoms with Crippen molar-refractivity contribution in [2.24, 2.45) is 11.8 Å². The molecule has 0 aliphatic carbocycles. The number of rotatable bonds is 4. The molecule has 1 amide bonds. The summed E-state index contributed by atoms with van der Waals surface area (Å²) in [6.45, 7) is 5.73. The maximum Gasteiger partial charge on any atom is 0.228 e. The van der Waals surface area contributed by atoms with Gasteiger partial charge >= 0.3 is 0 Å². The lowest BCUT2D eigenvalue weighted by molar-refractivity contribution is -0.121. The van der Waals surface area contributed by atoms with Gasteiger partial charge < -0.3 is 16.0 Å². The highest BCUT2D eigenvalue weighted by molar-refractivity contribution is 5.91. The Morgan fingerprint density at radius 2 is 2.17 bits per heavy atom. The van der Waals surface area contributed by atoms with Gasteiger partial charge in [0.25, 0.3) is 0 Å². The number of nitrogens with zero attached hydrogens (tertiary/aromatic N) is 2. The van der Waals surface area contributed by atoms with Crippen LogP contribution in [0.2, 0.25) is 0 Å². The molecule has 2 aliphatic rings. The molecule has 0 spiro atoms. The summed E-state index contributed by atoms with van der Waals surface area (Å²) in [5.41, 5.74) is 0. The molecule has 3 N–H and O–H groups in total. The summed E-state index contributed by atoms with van der Waals surface area (Å²) in [5, 5.41) is 13.7. The second-order valence-corrected chi connectivity index (χ2v) is 5.17. The van der Waals surface area contributed by atoms with Crippen molar-refractivity contribution in [1.29, 1.82) is 0 Å². The fourth-order valence-corrected chi connectivity index (χ4v) is 2.27. The van der Waals surface area contributed by atoms with E-state index in [1.807, 2.05) is 17.7 Å². The number of anilines is 1. The summed E-state index contributed by atoms with van der Waals surface area (Å²) >= 11 is 0. The van der Waals surface area contributed by atoms with E-state index in [0.29, 0.717) is 12.0 Å². The van der Waals surface area contributed by atoms with Gasteiger partial charge in [-0.3, -0.25) is 4.79 Å². The highest BCUT2D eigenvalue weighted by Crippen LogP contribution is 2.21. The maximum atomic E-state index is 12.1. The van der Waals surface area contributed by atoms with Crippen LogP contribution in [-0.4, -0.2) is 41.9 Å². The van der Waals surface area contributed by atoms with E-state index in [9.17, 15) is 4.79 Å². The normalized spacial score (nSPS) is 22.1. The van der Waals surface area contributed by atoms with Crippen molar-refractivity contribution in [3.05, 3.63) is 12.3 Å². The number of hydrogen-bond donors (Lipinski definition) is 3. The van der Waals surface area contributed by atoms with Crippen molar-refractivity contribution >= 4 is 11.7 Å². The van der Waals surface area contributed by atoms with E-state index < -0.39 is 0 Å². The van der Waals surface area contributed by atoms with Crippen LogP contribution in [0.25, 0.3) is 0 Å². The first-order valence-electron chi connectivity index (χ1n) is 6.51. The van der Waals surface area contributed by atoms with Gasteiger partial charge in [-0.15, -0.1) is 0 Å². The largest absolute Gasteiger partial charge is 0.316 e. The molecule has 2 saturated heterocycles. The van der Waals surface area contributed by atoms with Gasteiger partial charge in [-0.25, -0.2) is 4.68 Å². The lowest BCUT2D eigenvalue weighted by Gasteiger charge is -2.32. The van der Waals surface area contributed by atoms with Gasteiger partial charge in [-0.05, 0) is 19.0 Å². The van der Waals surface area contributed by atoms with Crippen LogP contribution in [0, 0.1) is 11.8 Å². The third-order valence-electron chi connectivity index (χ3n) is 3.96. The zero-order valence-corrected chi connectivity index (χ0v) is 10.5. The highest BCUT2D eigenvalue weighted by atomic mass is 16.2. The number of carbonyl (C=O) groups is 1. The van der Waals surface area contributed by atoms with Crippen LogP contribution in [0.3, 0.4) is 0 Å². The van der Waals surface area contributed by atoms with E-state index in [0.717, 1.165) is 32.0 Å². The fourth-order valence-electron chi connectivity index (χ4n) is 2.27. The number of hydrogen-bond acceptors (Lipinski definition) is 4. The molecular weight excluding hydrogens is 230 g/mol. The minimum atomic E-state index is 0.0501. The topological polar surface area (TPSA) is 71.0 Å². The van der Waals surface area contributed by atoms with Gasteiger partial charge in [-0.2, -0.15) is 5.10 Å². The van der Waals surface area contributed by atoms with Gasteiger partial charge in [0.1, 0.15) is 5.82 Å². The Morgan fingerprint density at radius 1 is 1.44 bits per heavy atom. The Labute approximate surface area is 106 Å². The van der Waals surface area contributed by atoms with Crippen molar-refractivity contribution < 1.29 is 4.79 Å². The predicted octanol–water partition coefficient (Wildman–Crippen LogP) is -0.179. The molecule has 0 bridgehead atoms. The molecule has 2 fully saturated rings. The molecule has 1 aromatic heterocycles. The standard InChI is InChI=1S/C12H19N5O/c1-8(9-4-13-5-9)12(18)16-11-2-3-15-17(11)10-6-14-7-10/h2-3,8-10,13-14H,4-7H2,1H3,(H,16,18). The average molecular weight is 249 g/mol. The molecule has 18 heavy (non-hydrogen) atoms. The Bertz CT molecular complexity index is 435. The smallest absolute Gasteiger partial charge is 0.228 e. The van der Waals surface area contributed by atoms with Crippen molar-refractivity contribution in [1.82, 2.24) is 20.4 Å². The molecule has 1 aromatic rings. The zero-order chi connectivity index (χ0) is 12.5. The minimum Gasteiger partial charge on any atom is -0.316 e. The lowest BCUT2D eigenvalue weighted by atomic mass is 9.88. The summed E-state index contributed by atoms with van der Waals surface area (Å²) in [5.74, 6) is 1.42. The molecule has 1 unspecified atom stereocenters. The summed E-state index contributed by atoms with van der Waals surface area (Å²) in [4.78, 5) is 12.1. The van der Waals surface area contributed by atoms with E-state index in [1.165, 1.54) is 0 Å². The Hall–Kier alpha value is -1.40. The quantitative estimate of drug-likeness (QED) is 0.692. The molecule has 3 heterocycles. The van der Waals surface area contributed by atoms with Crippen LogP contribution in [0.15, 0.2) is 12.3 Å². The van der Waals surface area contributed by atoms with Crippen molar-refractivity contribution in [3.8, 4) is 0 Å². The van der Waals surface area contributed by atoms with Crippen LogP contribution in [0.5, 0.6) is 0 Å². The maximum absolute atomic E-state index is 12.1. The second kappa shape index (κ2) is 4.70. The van der Waals surface area contributed by atoms with Crippen molar-refractivity contribution in [2.75, 3.05) is 31.5 Å². The monoisotopic (exact) mass is 249 g/mol. The average Bonchev–Trinajstić information content (AvgIpc) is 2.61. The summed E-state index contributed by atoms with van der Waals surface area (Å²) < 4.78 is 1.90. The summed E-state index contributed by atoms with van der Waals surface area (Å²) in [6.07, 6.45) is 1.74. The van der Waals surface area contributed by atoms with Crippen molar-refractivity contribution in [2.45, 2.75) is 13.0 Å². The van der Waals surface area contributed by atoms with Gasteiger partial charge in [0.05, 0.1) is 12.2 Å². The zero-order valence-electron chi connectivity index (χ0n) is 10.5. The Kier molecular flexibility index (Phi) is 3.05. The summed E-state index contributed by atoms with van der Waals surface area (Å²) in [6, 6.07) is 2.23. The van der Waals surface area contributed by atoms with Crippen LogP contribution in [-0.2, 0) is 4.79 Å². The number of aromatic nitrogens is 2. The minimum absolute atomic E-state index is 0.0501. The fraction of sp³-hybridized carbons (Fsp3) is 0.667. The number of nitrogens with one attached hydrogen (secondary N) is 3. The van der Waals surface area contributed by atoms with Crippen LogP contribution < -0.4 is 16.0 Å². The lowest BCUT2D eigenvalue weighted by Crippen LogP contribution is -2.48. The molecule has 1 atom stereocenters. The van der Waals surface area contributed by atoms with Crippen LogP contribution >= 0.6 is 0 Å². The molecule has 0 radical (unpaired) electrons. The molecule has 98 valence electrons. The van der Waals surface area contributed by atoms with Gasteiger partial charge in [0.2, 0.25) is 5.91 Å². The van der Waals surface area contributed by atoms with Crippen LogP contribution in [0.4, 0.5) is 5.82 Å². The Morgan fingerprint density at radius 3 is 2.72 bits per heavy atom. The number of amides is 1. The first-order valence-corrected chi connectivity index (χ1v) is 6.51. The molecule has 0 saturated carbocycles. The van der Waals surface area contributed by atoms with Crippen molar-refractivity contribution in [3.63, 3.8) is 0 Å². The Balaban J connectivity index is 1.64. The molecule has 6 nitrogen and oxygen atoms in total. The third kappa shape index (κ3) is 2.02. The van der Waals surface area contributed by atoms with Gasteiger partial charge in [0.15, 0.2) is 0 Å². The van der Waals surface area contributed by atoms with Gasteiger partial charge in [0, 0.05) is 25.1 Å². The molecule has 3 rings (SSSR count). The highest BCUT2D eigenvalue weighted by Gasteiger charge is 2.30. The second-order valence-electron chi connectivity index (χ2n) is 5.17. The number of carbonyl (C=O) groups excluding carboxylic acids is 1. The van der Waals surface area contributed by atoms with E-state index in [-0.39, 0.29) is 11.8 Å². The first-order chi connectivity index (χ1) is 8.75. The van der Waals surface area contributed by atoms with Gasteiger partial charge in [-0.1, -0.05) is 6.92 Å². The predicted molar refractivity (Wildman–Crippen MR) is 68.3 cm³/mol. The summed E-state index contributed by atoms with van der Waals surface area (Å²) in [7, 11) is 0. The molecular formula is C12H19N5O. The van der Waals surface area contributed by atoms with Crippen LogP contribution in [0.1, 0.15) is 13.0 Å². The molecule has 6 heteroatoms. The first kappa shape index (κ1) is 11.7. The van der Waals surface area contributed by atoms with E-state index in [1.54, 1.807) is 6.20 Å². The van der Waals surface area contributed by atoms with E-state index in [4.69, 9.17) is 0 Å². The molecule has 0 aromatic carbocycles. The third-order valence-corrected chi connectivity index (χ3v) is 3.96. The van der Waals surface area contributed by atoms with E-state index >= 15 is 0 Å². The molecule has 2 aliphatic heterocycles. The van der Waals surface area contributed by atoms with E-state index in [2.05, 4.69) is 21.0 Å².